The fourth-order valence-corrected chi connectivity index (χ4v) is 2.33. The van der Waals surface area contributed by atoms with Crippen molar-refractivity contribution in [2.45, 2.75) is 20.4 Å². The Morgan fingerprint density at radius 3 is 2.55 bits per heavy atom. The average Bonchev–Trinajstić information content (AvgIpc) is 2.47. The number of methoxy groups -OCH3 is 1. The minimum Gasteiger partial charge on any atom is -0.504 e. The first-order valence-electron chi connectivity index (χ1n) is 6.82. The minimum atomic E-state index is 0.176. The van der Waals surface area contributed by atoms with Gasteiger partial charge in [-0.2, -0.15) is 0 Å². The van der Waals surface area contributed by atoms with Crippen LogP contribution in [-0.4, -0.2) is 18.8 Å². The molecule has 0 amide bonds. The van der Waals surface area contributed by atoms with Crippen LogP contribution in [0.15, 0.2) is 42.5 Å². The first-order chi connectivity index (χ1) is 9.65. The molecule has 0 spiro atoms. The van der Waals surface area contributed by atoms with E-state index in [2.05, 4.69) is 43.0 Å². The molecule has 2 aromatic carbocycles. The highest BCUT2D eigenvalue weighted by atomic mass is 16.5. The lowest BCUT2D eigenvalue weighted by molar-refractivity contribution is 0.373. The molecule has 106 valence electrons. The van der Waals surface area contributed by atoms with Gasteiger partial charge in [-0.05, 0) is 43.2 Å². The monoisotopic (exact) mass is 271 g/mol. The van der Waals surface area contributed by atoms with Crippen molar-refractivity contribution in [2.24, 2.45) is 0 Å². The molecular weight excluding hydrogens is 250 g/mol. The molecule has 1 N–H and O–H groups in total. The van der Waals surface area contributed by atoms with Crippen LogP contribution >= 0.6 is 0 Å². The van der Waals surface area contributed by atoms with Crippen LogP contribution in [0.1, 0.15) is 18.1 Å². The van der Waals surface area contributed by atoms with Crippen molar-refractivity contribution >= 4 is 5.69 Å². The highest BCUT2D eigenvalue weighted by molar-refractivity contribution is 5.53. The largest absolute Gasteiger partial charge is 0.504 e. The quantitative estimate of drug-likeness (QED) is 0.899. The number of phenols is 1. The highest BCUT2D eigenvalue weighted by Crippen LogP contribution is 2.28. The van der Waals surface area contributed by atoms with E-state index in [0.717, 1.165) is 18.7 Å². The third kappa shape index (κ3) is 3.05. The van der Waals surface area contributed by atoms with E-state index in [-0.39, 0.29) is 5.75 Å². The molecular formula is C17H21NO2. The van der Waals surface area contributed by atoms with Gasteiger partial charge in [0.25, 0.3) is 0 Å². The number of benzene rings is 2. The molecule has 0 atom stereocenters. The zero-order valence-corrected chi connectivity index (χ0v) is 12.3. The Hall–Kier alpha value is -2.16. The molecule has 0 aliphatic rings. The molecule has 0 aliphatic carbocycles. The number of phenolic OH excluding ortho intramolecular Hbond substituents is 1. The molecule has 0 aliphatic heterocycles. The fraction of sp³-hybridized carbons (Fsp3) is 0.294. The van der Waals surface area contributed by atoms with Crippen LogP contribution in [0.25, 0.3) is 0 Å². The van der Waals surface area contributed by atoms with Gasteiger partial charge in [0.2, 0.25) is 0 Å². The van der Waals surface area contributed by atoms with Gasteiger partial charge < -0.3 is 14.7 Å². The van der Waals surface area contributed by atoms with Gasteiger partial charge >= 0.3 is 0 Å². The predicted octanol–water partition coefficient (Wildman–Crippen LogP) is 3.74. The van der Waals surface area contributed by atoms with E-state index in [0.29, 0.717) is 5.75 Å². The number of rotatable bonds is 5. The number of hydrogen-bond donors (Lipinski definition) is 1. The summed E-state index contributed by atoms with van der Waals surface area (Å²) in [7, 11) is 1.57. The number of nitrogens with zero attached hydrogens (tertiary/aromatic N) is 1. The molecule has 0 unspecified atom stereocenters. The summed E-state index contributed by atoms with van der Waals surface area (Å²) < 4.78 is 5.16. The Morgan fingerprint density at radius 1 is 1.15 bits per heavy atom. The topological polar surface area (TPSA) is 32.7 Å². The lowest BCUT2D eigenvalue weighted by Gasteiger charge is -2.25. The summed E-state index contributed by atoms with van der Waals surface area (Å²) in [5, 5.41) is 9.65. The number of para-hydroxylation sites is 1. The number of ether oxygens (including phenoxy) is 1. The maximum absolute atomic E-state index is 9.65. The predicted molar refractivity (Wildman–Crippen MR) is 82.6 cm³/mol. The van der Waals surface area contributed by atoms with Crippen molar-refractivity contribution in [3.8, 4) is 11.5 Å². The normalized spacial score (nSPS) is 10.3. The van der Waals surface area contributed by atoms with Gasteiger partial charge in [0.15, 0.2) is 11.5 Å². The Balaban J connectivity index is 2.25. The number of aromatic hydroxyl groups is 1. The maximum atomic E-state index is 9.65. The van der Waals surface area contributed by atoms with Crippen LogP contribution in [0, 0.1) is 6.92 Å². The molecule has 3 heteroatoms. The average molecular weight is 271 g/mol. The molecule has 0 aromatic heterocycles. The standard InChI is InChI=1S/C17H21NO2/c1-4-18(15-8-6-5-7-13(15)2)12-14-9-10-16(19)17(11-14)20-3/h5-11,19H,4,12H2,1-3H3. The summed E-state index contributed by atoms with van der Waals surface area (Å²) in [4.78, 5) is 2.31. The van der Waals surface area contributed by atoms with Gasteiger partial charge in [0, 0.05) is 18.8 Å². The molecule has 0 fully saturated rings. The lowest BCUT2D eigenvalue weighted by atomic mass is 10.1. The second kappa shape index (κ2) is 6.33. The van der Waals surface area contributed by atoms with Crippen molar-refractivity contribution in [1.82, 2.24) is 0 Å². The van der Waals surface area contributed by atoms with Crippen molar-refractivity contribution in [3.63, 3.8) is 0 Å². The van der Waals surface area contributed by atoms with Crippen LogP contribution in [0.2, 0.25) is 0 Å². The van der Waals surface area contributed by atoms with Crippen LogP contribution in [0.5, 0.6) is 11.5 Å². The van der Waals surface area contributed by atoms with E-state index in [1.165, 1.54) is 11.3 Å². The van der Waals surface area contributed by atoms with Gasteiger partial charge in [0.1, 0.15) is 0 Å². The van der Waals surface area contributed by atoms with Crippen LogP contribution in [0.3, 0.4) is 0 Å². The first kappa shape index (κ1) is 14.3. The first-order valence-corrected chi connectivity index (χ1v) is 6.82. The Morgan fingerprint density at radius 2 is 1.90 bits per heavy atom. The molecule has 3 nitrogen and oxygen atoms in total. The van der Waals surface area contributed by atoms with E-state index in [4.69, 9.17) is 4.74 Å². The van der Waals surface area contributed by atoms with Gasteiger partial charge in [0.05, 0.1) is 7.11 Å². The molecule has 0 saturated heterocycles. The van der Waals surface area contributed by atoms with E-state index in [1.54, 1.807) is 13.2 Å². The van der Waals surface area contributed by atoms with E-state index in [9.17, 15) is 5.11 Å². The Labute approximate surface area is 120 Å². The number of hydrogen-bond acceptors (Lipinski definition) is 3. The van der Waals surface area contributed by atoms with Gasteiger partial charge in [-0.1, -0.05) is 24.3 Å². The second-order valence-electron chi connectivity index (χ2n) is 4.81. The second-order valence-corrected chi connectivity index (χ2v) is 4.81. The van der Waals surface area contributed by atoms with Crippen molar-refractivity contribution in [3.05, 3.63) is 53.6 Å². The lowest BCUT2D eigenvalue weighted by Crippen LogP contribution is -2.22. The van der Waals surface area contributed by atoms with Crippen molar-refractivity contribution in [2.75, 3.05) is 18.6 Å². The fourth-order valence-electron chi connectivity index (χ4n) is 2.33. The van der Waals surface area contributed by atoms with Crippen LogP contribution in [-0.2, 0) is 6.54 Å². The summed E-state index contributed by atoms with van der Waals surface area (Å²) >= 11 is 0. The molecule has 2 aromatic rings. The maximum Gasteiger partial charge on any atom is 0.160 e. The summed E-state index contributed by atoms with van der Waals surface area (Å²) in [6.07, 6.45) is 0. The number of aryl methyl sites for hydroxylation is 1. The van der Waals surface area contributed by atoms with E-state index >= 15 is 0 Å². The molecule has 0 bridgehead atoms. The SMILES string of the molecule is CCN(Cc1ccc(O)c(OC)c1)c1ccccc1C. The minimum absolute atomic E-state index is 0.176. The summed E-state index contributed by atoms with van der Waals surface area (Å²) in [6, 6.07) is 13.9. The molecule has 0 saturated carbocycles. The van der Waals surface area contributed by atoms with Gasteiger partial charge in [-0.15, -0.1) is 0 Å². The molecule has 20 heavy (non-hydrogen) atoms. The van der Waals surface area contributed by atoms with E-state index < -0.39 is 0 Å². The number of anilines is 1. The van der Waals surface area contributed by atoms with Crippen LogP contribution in [0.4, 0.5) is 5.69 Å². The summed E-state index contributed by atoms with van der Waals surface area (Å²) in [5.41, 5.74) is 3.62. The zero-order valence-electron chi connectivity index (χ0n) is 12.3. The summed E-state index contributed by atoms with van der Waals surface area (Å²) in [6.45, 7) is 5.98. The summed E-state index contributed by atoms with van der Waals surface area (Å²) in [5.74, 6) is 0.693. The van der Waals surface area contributed by atoms with Gasteiger partial charge in [-0.3, -0.25) is 0 Å². The smallest absolute Gasteiger partial charge is 0.160 e. The third-order valence-corrected chi connectivity index (χ3v) is 3.46. The molecule has 0 heterocycles. The van der Waals surface area contributed by atoms with Crippen molar-refractivity contribution < 1.29 is 9.84 Å². The highest BCUT2D eigenvalue weighted by Gasteiger charge is 2.09. The van der Waals surface area contributed by atoms with E-state index in [1.807, 2.05) is 12.1 Å². The molecule has 2 rings (SSSR count). The van der Waals surface area contributed by atoms with Crippen molar-refractivity contribution in [1.29, 1.82) is 0 Å². The Kier molecular flexibility index (Phi) is 4.51. The Bertz CT molecular complexity index is 581. The van der Waals surface area contributed by atoms with Gasteiger partial charge in [-0.25, -0.2) is 0 Å². The zero-order chi connectivity index (χ0) is 14.5. The third-order valence-electron chi connectivity index (χ3n) is 3.46. The van der Waals surface area contributed by atoms with Crippen LogP contribution < -0.4 is 9.64 Å². The molecule has 0 radical (unpaired) electrons.